The molecule has 1 aliphatic rings. The maximum Gasteiger partial charge on any atom is 0.341 e. The Hall–Kier alpha value is -3.20. The van der Waals surface area contributed by atoms with E-state index in [-0.39, 0.29) is 23.1 Å². The molecule has 152 valence electrons. The molecule has 2 aromatic heterocycles. The zero-order valence-corrected chi connectivity index (χ0v) is 16.1. The van der Waals surface area contributed by atoms with Crippen LogP contribution in [0.2, 0.25) is 0 Å². The number of nitrogens with two attached hydrogens (primary N) is 1. The lowest BCUT2D eigenvalue weighted by atomic mass is 9.94. The van der Waals surface area contributed by atoms with Crippen LogP contribution in [0.5, 0.6) is 5.75 Å². The third-order valence-electron chi connectivity index (χ3n) is 5.18. The van der Waals surface area contributed by atoms with Crippen molar-refractivity contribution < 1.29 is 19.0 Å². The predicted molar refractivity (Wildman–Crippen MR) is 105 cm³/mol. The van der Waals surface area contributed by atoms with Crippen molar-refractivity contribution in [3.8, 4) is 5.75 Å². The topological polar surface area (TPSA) is 115 Å². The number of hydrogen-bond acceptors (Lipinski definition) is 6. The zero-order chi connectivity index (χ0) is 20.8. The second-order valence-electron chi connectivity index (χ2n) is 7.56. The van der Waals surface area contributed by atoms with Gasteiger partial charge in [-0.25, -0.2) is 18.7 Å². The Bertz CT molecular complexity index is 1100. The van der Waals surface area contributed by atoms with Gasteiger partial charge < -0.3 is 20.9 Å². The van der Waals surface area contributed by atoms with Crippen molar-refractivity contribution in [3.63, 3.8) is 0 Å². The van der Waals surface area contributed by atoms with E-state index in [2.05, 4.69) is 15.4 Å². The molecule has 3 heterocycles. The number of hydrogen-bond donors (Lipinski definition) is 3. The summed E-state index contributed by atoms with van der Waals surface area (Å²) in [5.74, 6) is -0.318. The molecule has 0 amide bonds. The lowest BCUT2D eigenvalue weighted by molar-refractivity contribution is 0.0698. The summed E-state index contributed by atoms with van der Waals surface area (Å²) in [6.45, 7) is 4.33. The summed E-state index contributed by atoms with van der Waals surface area (Å²) in [7, 11) is 0. The Morgan fingerprint density at radius 1 is 1.52 bits per heavy atom. The van der Waals surface area contributed by atoms with Gasteiger partial charge in [0.25, 0.3) is 0 Å². The quantitative estimate of drug-likeness (QED) is 0.584. The third-order valence-corrected chi connectivity index (χ3v) is 5.18. The minimum atomic E-state index is -1.10. The van der Waals surface area contributed by atoms with Crippen molar-refractivity contribution in [1.82, 2.24) is 14.6 Å². The minimum Gasteiger partial charge on any atom is -0.487 e. The smallest absolute Gasteiger partial charge is 0.341 e. The van der Waals surface area contributed by atoms with Crippen LogP contribution in [-0.4, -0.2) is 37.8 Å². The standard InChI is InChI=1S/C20H22FN5O3/c1-11(24-16-3-6-26-18(25-16)15(10-23-26)19(27)28)14-8-13(21)7-12-9-20(2,4-5-22)29-17(12)14/h3,6-8,10-11H,4-5,9,22H2,1-2H3,(H,24,25)(H,27,28)/t11?,20-/m0/s1. The van der Waals surface area contributed by atoms with Gasteiger partial charge in [0, 0.05) is 23.7 Å². The van der Waals surface area contributed by atoms with Gasteiger partial charge in [0.15, 0.2) is 5.65 Å². The minimum absolute atomic E-state index is 0.00818. The van der Waals surface area contributed by atoms with Crippen LogP contribution in [0.3, 0.4) is 0 Å². The van der Waals surface area contributed by atoms with Crippen LogP contribution < -0.4 is 15.8 Å². The van der Waals surface area contributed by atoms with Gasteiger partial charge in [-0.2, -0.15) is 5.10 Å². The van der Waals surface area contributed by atoms with E-state index >= 15 is 0 Å². The van der Waals surface area contributed by atoms with Crippen LogP contribution in [0.15, 0.2) is 30.6 Å². The summed E-state index contributed by atoms with van der Waals surface area (Å²) >= 11 is 0. The maximum absolute atomic E-state index is 14.3. The summed E-state index contributed by atoms with van der Waals surface area (Å²) in [5, 5.41) is 16.5. The summed E-state index contributed by atoms with van der Waals surface area (Å²) in [6, 6.07) is 4.31. The van der Waals surface area contributed by atoms with Crippen LogP contribution in [-0.2, 0) is 6.42 Å². The number of fused-ring (bicyclic) bond motifs is 2. The molecule has 2 atom stereocenters. The molecule has 9 heteroatoms. The average molecular weight is 399 g/mol. The second-order valence-corrected chi connectivity index (χ2v) is 7.56. The van der Waals surface area contributed by atoms with Crippen molar-refractivity contribution in [3.05, 3.63) is 53.1 Å². The first-order valence-corrected chi connectivity index (χ1v) is 9.35. The molecule has 0 fully saturated rings. The Kier molecular flexibility index (Phi) is 4.62. The number of anilines is 1. The van der Waals surface area contributed by atoms with Gasteiger partial charge in [-0.1, -0.05) is 0 Å². The van der Waals surface area contributed by atoms with E-state index in [1.54, 1.807) is 12.3 Å². The fourth-order valence-electron chi connectivity index (χ4n) is 3.78. The van der Waals surface area contributed by atoms with E-state index in [1.165, 1.54) is 22.8 Å². The number of rotatable bonds is 6. The summed E-state index contributed by atoms with van der Waals surface area (Å²) in [4.78, 5) is 15.7. The van der Waals surface area contributed by atoms with E-state index < -0.39 is 11.6 Å². The number of ether oxygens (including phenoxy) is 1. The Morgan fingerprint density at radius 2 is 2.31 bits per heavy atom. The highest BCUT2D eigenvalue weighted by atomic mass is 19.1. The lowest BCUT2D eigenvalue weighted by Gasteiger charge is -2.24. The lowest BCUT2D eigenvalue weighted by Crippen LogP contribution is -2.33. The molecule has 1 unspecified atom stereocenters. The fourth-order valence-corrected chi connectivity index (χ4v) is 3.78. The highest BCUT2D eigenvalue weighted by molar-refractivity contribution is 5.94. The van der Waals surface area contributed by atoms with Gasteiger partial charge in [-0.05, 0) is 45.0 Å². The number of carboxylic acid groups (broad SMARTS) is 1. The van der Waals surface area contributed by atoms with Gasteiger partial charge in [0.2, 0.25) is 0 Å². The predicted octanol–water partition coefficient (Wildman–Crippen LogP) is 2.78. The number of aromatic nitrogens is 3. The van der Waals surface area contributed by atoms with Crippen molar-refractivity contribution in [2.24, 2.45) is 5.73 Å². The Morgan fingerprint density at radius 3 is 3.03 bits per heavy atom. The van der Waals surface area contributed by atoms with Gasteiger partial charge in [-0.15, -0.1) is 0 Å². The first-order valence-electron chi connectivity index (χ1n) is 9.35. The Labute approximate surface area is 166 Å². The monoisotopic (exact) mass is 399 g/mol. The number of nitrogens with one attached hydrogen (secondary N) is 1. The maximum atomic E-state index is 14.3. The SMILES string of the molecule is CC(Nc1ccn2ncc(C(=O)O)c2n1)c1cc(F)cc2c1O[C@@](C)(CCN)C2. The van der Waals surface area contributed by atoms with Crippen LogP contribution in [0, 0.1) is 5.82 Å². The molecule has 1 aromatic carbocycles. The van der Waals surface area contributed by atoms with E-state index in [0.717, 1.165) is 5.56 Å². The fraction of sp³-hybridized carbons (Fsp3) is 0.350. The molecule has 0 saturated carbocycles. The van der Waals surface area contributed by atoms with Crippen LogP contribution >= 0.6 is 0 Å². The van der Waals surface area contributed by atoms with Crippen LogP contribution in [0.4, 0.5) is 10.2 Å². The molecule has 3 aromatic rings. The normalized spacial score (nSPS) is 19.0. The van der Waals surface area contributed by atoms with E-state index in [9.17, 15) is 14.3 Å². The molecule has 1 aliphatic heterocycles. The molecule has 0 aliphatic carbocycles. The molecule has 4 N–H and O–H groups in total. The largest absolute Gasteiger partial charge is 0.487 e. The second kappa shape index (κ2) is 7.00. The first kappa shape index (κ1) is 19.1. The molecule has 29 heavy (non-hydrogen) atoms. The van der Waals surface area contributed by atoms with Crippen molar-refractivity contribution >= 4 is 17.4 Å². The summed E-state index contributed by atoms with van der Waals surface area (Å²) in [5.41, 5.74) is 6.98. The van der Waals surface area contributed by atoms with Gasteiger partial charge >= 0.3 is 5.97 Å². The van der Waals surface area contributed by atoms with Crippen molar-refractivity contribution in [2.75, 3.05) is 11.9 Å². The molecular formula is C20H22FN5O3. The number of benzene rings is 1. The van der Waals surface area contributed by atoms with Crippen LogP contribution in [0.25, 0.3) is 5.65 Å². The van der Waals surface area contributed by atoms with Crippen molar-refractivity contribution in [2.45, 2.75) is 38.3 Å². The highest BCUT2D eigenvalue weighted by Crippen LogP contribution is 2.42. The number of nitrogens with zero attached hydrogens (tertiary/aromatic N) is 3. The zero-order valence-electron chi connectivity index (χ0n) is 16.1. The summed E-state index contributed by atoms with van der Waals surface area (Å²) < 4.78 is 21.8. The average Bonchev–Trinajstić information content (AvgIpc) is 3.21. The Balaban J connectivity index is 1.65. The van der Waals surface area contributed by atoms with Crippen molar-refractivity contribution in [1.29, 1.82) is 0 Å². The molecule has 4 rings (SSSR count). The first-order chi connectivity index (χ1) is 13.8. The third kappa shape index (κ3) is 3.49. The van der Waals surface area contributed by atoms with Gasteiger partial charge in [-0.3, -0.25) is 0 Å². The van der Waals surface area contributed by atoms with Gasteiger partial charge in [0.1, 0.15) is 28.5 Å². The van der Waals surface area contributed by atoms with E-state index in [4.69, 9.17) is 10.5 Å². The molecule has 8 nitrogen and oxygen atoms in total. The molecular weight excluding hydrogens is 377 g/mol. The molecule has 0 bridgehead atoms. The number of halogens is 1. The summed E-state index contributed by atoms with van der Waals surface area (Å²) in [6.07, 6.45) is 4.14. The molecule has 0 saturated heterocycles. The molecule has 0 radical (unpaired) electrons. The van der Waals surface area contributed by atoms with Gasteiger partial charge in [0.05, 0.1) is 12.2 Å². The number of aromatic carboxylic acids is 1. The van der Waals surface area contributed by atoms with Crippen LogP contribution in [0.1, 0.15) is 47.8 Å². The van der Waals surface area contributed by atoms with E-state index in [1.807, 2.05) is 13.8 Å². The van der Waals surface area contributed by atoms with E-state index in [0.29, 0.717) is 36.5 Å². The molecule has 0 spiro atoms. The number of carboxylic acids is 1. The number of carbonyl (C=O) groups is 1. The highest BCUT2D eigenvalue weighted by Gasteiger charge is 2.36.